The van der Waals surface area contributed by atoms with Crippen LogP contribution in [0.5, 0.6) is 0 Å². The van der Waals surface area contributed by atoms with Crippen LogP contribution in [-0.4, -0.2) is 14.4 Å². The van der Waals surface area contributed by atoms with Gasteiger partial charge >= 0.3 is 0 Å². The Bertz CT molecular complexity index is 3790. The molecule has 0 aliphatic heterocycles. The van der Waals surface area contributed by atoms with Crippen molar-refractivity contribution >= 4 is 117 Å². The van der Waals surface area contributed by atoms with Crippen molar-refractivity contribution in [3.63, 3.8) is 0 Å². The van der Waals surface area contributed by atoms with Crippen LogP contribution < -0.4 is 31.8 Å². The fourth-order valence-electron chi connectivity index (χ4n) is 9.66. The Morgan fingerprint density at radius 1 is 0.369 bits per heavy atom. The Morgan fingerprint density at radius 2 is 0.892 bits per heavy atom. The normalized spacial score (nSPS) is 12.1. The summed E-state index contributed by atoms with van der Waals surface area (Å²) in [6.45, 7) is 0. The first kappa shape index (κ1) is 39.7. The van der Waals surface area contributed by atoms with Crippen molar-refractivity contribution in [2.45, 2.75) is 0 Å². The fourth-order valence-corrected chi connectivity index (χ4v) is 17.4. The summed E-state index contributed by atoms with van der Waals surface area (Å²) in [5.41, 5.74) is 8.19. The molecule has 0 aliphatic rings. The molecule has 0 spiro atoms. The fraction of sp³-hybridized carbons (Fsp3) is 0. The van der Waals surface area contributed by atoms with Crippen LogP contribution >= 0.6 is 12.1 Å². The summed E-state index contributed by atoms with van der Waals surface area (Å²) in [6.07, 6.45) is 2.00. The topological polar surface area (TPSA) is 30.2 Å². The summed E-state index contributed by atoms with van der Waals surface area (Å²) in [6, 6.07) is 77.3. The highest BCUT2D eigenvalue weighted by atomic mass is 32.4. The smallest absolute Gasteiger partial charge is 0.146 e. The Labute approximate surface area is 387 Å². The van der Waals surface area contributed by atoms with Gasteiger partial charge in [0.1, 0.15) is 5.65 Å². The number of benzene rings is 9. The van der Waals surface area contributed by atoms with E-state index in [0.29, 0.717) is 0 Å². The van der Waals surface area contributed by atoms with E-state index < -0.39 is 12.1 Å². The average molecular weight is 904 g/mol. The molecular weight excluding hydrogens is 865 g/mol. The van der Waals surface area contributed by atoms with Crippen molar-refractivity contribution in [1.29, 1.82) is 0 Å². The van der Waals surface area contributed by atoms with Gasteiger partial charge in [0.15, 0.2) is 0 Å². The Morgan fingerprint density at radius 3 is 1.49 bits per heavy atom. The van der Waals surface area contributed by atoms with E-state index in [-0.39, 0.29) is 0 Å². The summed E-state index contributed by atoms with van der Waals surface area (Å²) in [7, 11) is 0. The standard InChI is InChI=1S/C58H39N3P2S2/c64-62(42-17-5-1-6-18-42,43-19-7-2-8-20-43)46-31-35-53(59-39-46)41-29-32-50-49-26-14-16-28-52(49)58-60-54-34-30-40(37-56(54)61(58)55(50)38-41)47-33-36-57(51-27-15-13-25-48(47)51)63(65,44-21-9-3-10-22-44)45-23-11-4-12-24-45/h1-39H. The maximum absolute atomic E-state index is 6.88. The SMILES string of the molecule is S=P(c1ccccc1)(c1ccccc1)c1ccc(-c2ccc3c4ccccc4c4nc5ccc(-c6ccc(P(=S)(c7ccccc7)c7ccccc7)c7ccccc67)cc5n4c3c2)nc1. The third-order valence-electron chi connectivity index (χ3n) is 12.8. The van der Waals surface area contributed by atoms with Gasteiger partial charge in [-0.1, -0.05) is 224 Å². The van der Waals surface area contributed by atoms with E-state index in [1.165, 1.54) is 32.1 Å². The number of fused-ring (bicyclic) bond motifs is 9. The predicted molar refractivity (Wildman–Crippen MR) is 286 cm³/mol. The number of hydrogen-bond donors (Lipinski definition) is 0. The third-order valence-corrected chi connectivity index (χ3v) is 22.7. The van der Waals surface area contributed by atoms with E-state index in [4.69, 9.17) is 33.6 Å². The molecule has 0 radical (unpaired) electrons. The quantitative estimate of drug-likeness (QED) is 0.112. The molecule has 0 unspecified atom stereocenters. The minimum atomic E-state index is -2.41. The number of aromatic nitrogens is 3. The molecule has 3 nitrogen and oxygen atoms in total. The zero-order valence-electron chi connectivity index (χ0n) is 35.1. The molecule has 308 valence electrons. The van der Waals surface area contributed by atoms with Crippen LogP contribution in [-0.2, 0) is 23.6 Å². The second-order valence-corrected chi connectivity index (χ2v) is 25.2. The second-order valence-electron chi connectivity index (χ2n) is 16.4. The summed E-state index contributed by atoms with van der Waals surface area (Å²) in [5, 5.41) is 12.7. The second kappa shape index (κ2) is 16.0. The van der Waals surface area contributed by atoms with E-state index in [1.807, 2.05) is 18.3 Å². The molecular formula is C58H39N3P2S2. The molecule has 12 aromatic rings. The molecule has 0 N–H and O–H groups in total. The van der Waals surface area contributed by atoms with Crippen LogP contribution in [0, 0.1) is 0 Å². The van der Waals surface area contributed by atoms with Gasteiger partial charge in [-0.15, -0.1) is 0 Å². The Balaban J connectivity index is 1.03. The van der Waals surface area contributed by atoms with Crippen molar-refractivity contribution in [1.82, 2.24) is 14.4 Å². The van der Waals surface area contributed by atoms with Crippen LogP contribution in [0.1, 0.15) is 0 Å². The third kappa shape index (κ3) is 6.45. The summed E-state index contributed by atoms with van der Waals surface area (Å²) in [4.78, 5) is 10.5. The number of pyridine rings is 2. The first-order valence-corrected chi connectivity index (χ1v) is 27.3. The van der Waals surface area contributed by atoms with Gasteiger partial charge in [-0.25, -0.2) is 4.98 Å². The summed E-state index contributed by atoms with van der Waals surface area (Å²) >= 11 is 13.5. The van der Waals surface area contributed by atoms with E-state index in [9.17, 15) is 0 Å². The molecule has 3 aromatic heterocycles. The predicted octanol–water partition coefficient (Wildman–Crippen LogP) is 12.2. The van der Waals surface area contributed by atoms with Gasteiger partial charge < -0.3 is 0 Å². The van der Waals surface area contributed by atoms with Crippen molar-refractivity contribution in [3.05, 3.63) is 237 Å². The first-order valence-electron chi connectivity index (χ1n) is 21.7. The van der Waals surface area contributed by atoms with Crippen molar-refractivity contribution < 1.29 is 0 Å². The average Bonchev–Trinajstić information content (AvgIpc) is 3.78. The van der Waals surface area contributed by atoms with Crippen molar-refractivity contribution in [3.8, 4) is 22.4 Å². The van der Waals surface area contributed by atoms with E-state index in [0.717, 1.165) is 71.3 Å². The summed E-state index contributed by atoms with van der Waals surface area (Å²) < 4.78 is 2.35. The molecule has 12 rings (SSSR count). The largest absolute Gasteiger partial charge is 0.292 e. The number of hydrogen-bond acceptors (Lipinski definition) is 4. The van der Waals surface area contributed by atoms with Gasteiger partial charge in [0.2, 0.25) is 0 Å². The molecule has 0 aliphatic carbocycles. The highest BCUT2D eigenvalue weighted by Crippen LogP contribution is 2.47. The van der Waals surface area contributed by atoms with E-state index in [1.54, 1.807) is 0 Å². The zero-order valence-corrected chi connectivity index (χ0v) is 38.5. The molecule has 0 bridgehead atoms. The van der Waals surface area contributed by atoms with Crippen LogP contribution in [0.4, 0.5) is 0 Å². The van der Waals surface area contributed by atoms with Gasteiger partial charge in [0, 0.05) is 45.2 Å². The number of nitrogens with zero attached hydrogens (tertiary/aromatic N) is 3. The lowest BCUT2D eigenvalue weighted by atomic mass is 9.98. The Kier molecular flexibility index (Phi) is 9.78. The Hall–Kier alpha value is -6.84. The van der Waals surface area contributed by atoms with Crippen molar-refractivity contribution in [2.75, 3.05) is 0 Å². The van der Waals surface area contributed by atoms with Gasteiger partial charge in [0.25, 0.3) is 0 Å². The van der Waals surface area contributed by atoms with E-state index >= 15 is 0 Å². The van der Waals surface area contributed by atoms with Crippen LogP contribution in [0.2, 0.25) is 0 Å². The minimum Gasteiger partial charge on any atom is -0.292 e. The molecule has 0 atom stereocenters. The zero-order chi connectivity index (χ0) is 43.5. The highest BCUT2D eigenvalue weighted by molar-refractivity contribution is 8.26. The maximum atomic E-state index is 6.88. The van der Waals surface area contributed by atoms with Crippen LogP contribution in [0.15, 0.2) is 237 Å². The minimum absolute atomic E-state index is 0.892. The number of rotatable bonds is 8. The molecule has 9 aromatic carbocycles. The maximum Gasteiger partial charge on any atom is 0.146 e. The molecule has 0 fully saturated rings. The van der Waals surface area contributed by atoms with Gasteiger partial charge in [0.05, 0.1) is 22.2 Å². The lowest BCUT2D eigenvalue weighted by Gasteiger charge is -2.26. The lowest BCUT2D eigenvalue weighted by molar-refractivity contribution is 1.31. The highest BCUT2D eigenvalue weighted by Gasteiger charge is 2.28. The van der Waals surface area contributed by atoms with Gasteiger partial charge in [-0.05, 0) is 78.8 Å². The van der Waals surface area contributed by atoms with Crippen LogP contribution in [0.3, 0.4) is 0 Å². The molecule has 3 heterocycles. The molecule has 7 heteroatoms. The van der Waals surface area contributed by atoms with E-state index in [2.05, 4.69) is 223 Å². The van der Waals surface area contributed by atoms with Crippen LogP contribution in [0.25, 0.3) is 71.5 Å². The van der Waals surface area contributed by atoms with Gasteiger partial charge in [-0.3, -0.25) is 9.38 Å². The molecule has 0 saturated heterocycles. The van der Waals surface area contributed by atoms with Crippen molar-refractivity contribution in [2.24, 2.45) is 0 Å². The molecule has 65 heavy (non-hydrogen) atoms. The monoisotopic (exact) mass is 903 g/mol. The first-order chi connectivity index (χ1) is 32.0. The molecule has 0 amide bonds. The lowest BCUT2D eigenvalue weighted by Crippen LogP contribution is -2.25. The summed E-state index contributed by atoms with van der Waals surface area (Å²) in [5.74, 6) is 0. The molecule has 0 saturated carbocycles. The van der Waals surface area contributed by atoms with Gasteiger partial charge in [-0.2, -0.15) is 0 Å². The number of imidazole rings is 1.